The van der Waals surface area contributed by atoms with Gasteiger partial charge in [0.25, 0.3) is 5.91 Å². The molecule has 3 N–H and O–H groups in total. The maximum absolute atomic E-state index is 12.9. The van der Waals surface area contributed by atoms with Crippen LogP contribution in [0.4, 0.5) is 9.52 Å². The first-order chi connectivity index (χ1) is 9.06. The van der Waals surface area contributed by atoms with Crippen LogP contribution in [0, 0.1) is 12.7 Å². The van der Waals surface area contributed by atoms with Crippen LogP contribution in [0.2, 0.25) is 0 Å². The summed E-state index contributed by atoms with van der Waals surface area (Å²) in [5.74, 6) is -0.490. The summed E-state index contributed by atoms with van der Waals surface area (Å²) in [5.41, 5.74) is 7.69. The molecule has 0 saturated carbocycles. The minimum Gasteiger partial charge on any atom is -0.375 e. The Bertz CT molecular complexity index is 597. The number of nitrogen functional groups attached to an aromatic ring is 1. The van der Waals surface area contributed by atoms with E-state index in [0.717, 1.165) is 11.1 Å². The second-order valence-corrected chi connectivity index (χ2v) is 5.04. The Morgan fingerprint density at radius 2 is 2.32 bits per heavy atom. The first-order valence-corrected chi connectivity index (χ1v) is 6.68. The maximum atomic E-state index is 12.9. The van der Waals surface area contributed by atoms with Gasteiger partial charge in [0.05, 0.1) is 0 Å². The number of nitrogens with two attached hydrogens (primary N) is 1. The summed E-state index contributed by atoms with van der Waals surface area (Å²) in [5, 5.41) is 4.75. The van der Waals surface area contributed by atoms with Crippen molar-refractivity contribution in [1.29, 1.82) is 0 Å². The van der Waals surface area contributed by atoms with Gasteiger partial charge in [-0.3, -0.25) is 4.79 Å². The SMILES string of the molecule is Cc1cc(F)ccc1CCNC(=O)c1csc(N)n1. The number of nitrogens with zero attached hydrogens (tertiary/aromatic N) is 1. The Balaban J connectivity index is 1.88. The van der Waals surface area contributed by atoms with E-state index in [9.17, 15) is 9.18 Å². The van der Waals surface area contributed by atoms with Crippen molar-refractivity contribution in [1.82, 2.24) is 10.3 Å². The lowest BCUT2D eigenvalue weighted by Crippen LogP contribution is -2.26. The van der Waals surface area contributed by atoms with E-state index >= 15 is 0 Å². The molecular formula is C13H14FN3OS. The number of carbonyl (C=O) groups excluding carboxylic acids is 1. The van der Waals surface area contributed by atoms with E-state index in [1.165, 1.54) is 23.5 Å². The summed E-state index contributed by atoms with van der Waals surface area (Å²) in [6, 6.07) is 4.64. The van der Waals surface area contributed by atoms with E-state index in [-0.39, 0.29) is 11.7 Å². The molecule has 0 aliphatic carbocycles. The van der Waals surface area contributed by atoms with E-state index in [0.29, 0.717) is 23.8 Å². The monoisotopic (exact) mass is 279 g/mol. The molecule has 0 spiro atoms. The summed E-state index contributed by atoms with van der Waals surface area (Å²) in [6.07, 6.45) is 0.650. The molecule has 2 rings (SSSR count). The highest BCUT2D eigenvalue weighted by Gasteiger charge is 2.09. The minimum absolute atomic E-state index is 0.243. The second kappa shape index (κ2) is 5.79. The average molecular weight is 279 g/mol. The van der Waals surface area contributed by atoms with Gasteiger partial charge in [0.1, 0.15) is 11.5 Å². The number of amides is 1. The van der Waals surface area contributed by atoms with Crippen molar-refractivity contribution in [2.75, 3.05) is 12.3 Å². The number of thiazole rings is 1. The normalized spacial score (nSPS) is 10.4. The summed E-state index contributed by atoms with van der Waals surface area (Å²) in [7, 11) is 0. The van der Waals surface area contributed by atoms with E-state index in [4.69, 9.17) is 5.73 Å². The van der Waals surface area contributed by atoms with Crippen LogP contribution in [0.3, 0.4) is 0 Å². The Hall–Kier alpha value is -1.95. The number of nitrogens with one attached hydrogen (secondary N) is 1. The highest BCUT2D eigenvalue weighted by molar-refractivity contribution is 7.13. The fourth-order valence-electron chi connectivity index (χ4n) is 1.73. The van der Waals surface area contributed by atoms with Gasteiger partial charge >= 0.3 is 0 Å². The Kier molecular flexibility index (Phi) is 4.11. The van der Waals surface area contributed by atoms with Crippen molar-refractivity contribution in [2.24, 2.45) is 0 Å². The standard InChI is InChI=1S/C13H14FN3OS/c1-8-6-10(14)3-2-9(8)4-5-16-12(18)11-7-19-13(15)17-11/h2-3,6-7H,4-5H2,1H3,(H2,15,17)(H,16,18). The van der Waals surface area contributed by atoms with E-state index in [1.807, 2.05) is 6.92 Å². The summed E-state index contributed by atoms with van der Waals surface area (Å²) < 4.78 is 12.9. The lowest BCUT2D eigenvalue weighted by Gasteiger charge is -2.06. The zero-order valence-corrected chi connectivity index (χ0v) is 11.3. The fourth-order valence-corrected chi connectivity index (χ4v) is 2.28. The first kappa shape index (κ1) is 13.5. The Morgan fingerprint density at radius 1 is 1.53 bits per heavy atom. The van der Waals surface area contributed by atoms with Gasteiger partial charge < -0.3 is 11.1 Å². The Morgan fingerprint density at radius 3 is 2.95 bits per heavy atom. The van der Waals surface area contributed by atoms with Crippen molar-refractivity contribution in [3.05, 3.63) is 46.2 Å². The number of hydrogen-bond acceptors (Lipinski definition) is 4. The third kappa shape index (κ3) is 3.51. The number of carbonyl (C=O) groups is 1. The molecule has 0 bridgehead atoms. The van der Waals surface area contributed by atoms with Crippen LogP contribution in [0.5, 0.6) is 0 Å². The minimum atomic E-state index is -0.247. The van der Waals surface area contributed by atoms with Crippen molar-refractivity contribution in [3.63, 3.8) is 0 Å². The van der Waals surface area contributed by atoms with Crippen molar-refractivity contribution < 1.29 is 9.18 Å². The van der Waals surface area contributed by atoms with Crippen molar-refractivity contribution >= 4 is 22.4 Å². The molecule has 1 amide bonds. The molecule has 0 fully saturated rings. The summed E-state index contributed by atoms with van der Waals surface area (Å²) in [6.45, 7) is 2.32. The molecule has 0 radical (unpaired) electrons. The predicted molar refractivity (Wildman–Crippen MR) is 73.7 cm³/mol. The lowest BCUT2D eigenvalue weighted by atomic mass is 10.1. The van der Waals surface area contributed by atoms with Crippen LogP contribution in [0.25, 0.3) is 0 Å². The van der Waals surface area contributed by atoms with Gasteiger partial charge in [-0.25, -0.2) is 9.37 Å². The number of rotatable bonds is 4. The molecule has 100 valence electrons. The molecule has 4 nitrogen and oxygen atoms in total. The first-order valence-electron chi connectivity index (χ1n) is 5.80. The molecule has 0 saturated heterocycles. The van der Waals surface area contributed by atoms with Gasteiger partial charge in [-0.1, -0.05) is 6.07 Å². The molecule has 1 aromatic carbocycles. The van der Waals surface area contributed by atoms with Crippen LogP contribution in [0.1, 0.15) is 21.6 Å². The smallest absolute Gasteiger partial charge is 0.270 e. The Labute approximate surface area is 114 Å². The molecule has 6 heteroatoms. The number of anilines is 1. The molecule has 0 atom stereocenters. The summed E-state index contributed by atoms with van der Waals surface area (Å²) in [4.78, 5) is 15.6. The topological polar surface area (TPSA) is 68.0 Å². The second-order valence-electron chi connectivity index (χ2n) is 4.15. The van der Waals surface area contributed by atoms with E-state index in [2.05, 4.69) is 10.3 Å². The molecule has 1 heterocycles. The fraction of sp³-hybridized carbons (Fsp3) is 0.231. The van der Waals surface area contributed by atoms with Crippen LogP contribution in [-0.2, 0) is 6.42 Å². The van der Waals surface area contributed by atoms with E-state index < -0.39 is 0 Å². The molecular weight excluding hydrogens is 265 g/mol. The zero-order chi connectivity index (χ0) is 13.8. The molecule has 2 aromatic rings. The molecule has 0 aliphatic heterocycles. The molecule has 1 aromatic heterocycles. The zero-order valence-electron chi connectivity index (χ0n) is 10.4. The van der Waals surface area contributed by atoms with Crippen molar-refractivity contribution in [2.45, 2.75) is 13.3 Å². The average Bonchev–Trinajstić information content (AvgIpc) is 2.78. The summed E-state index contributed by atoms with van der Waals surface area (Å²) >= 11 is 1.23. The largest absolute Gasteiger partial charge is 0.375 e. The molecule has 0 aliphatic rings. The van der Waals surface area contributed by atoms with E-state index in [1.54, 1.807) is 11.4 Å². The predicted octanol–water partition coefficient (Wildman–Crippen LogP) is 2.15. The number of hydrogen-bond donors (Lipinski definition) is 2. The lowest BCUT2D eigenvalue weighted by molar-refractivity contribution is 0.0950. The number of aromatic nitrogens is 1. The van der Waals surface area contributed by atoms with Crippen LogP contribution in [0.15, 0.2) is 23.6 Å². The molecule has 0 unspecified atom stereocenters. The third-order valence-electron chi connectivity index (χ3n) is 2.74. The number of halogens is 1. The van der Waals surface area contributed by atoms with Gasteiger partial charge in [-0.15, -0.1) is 11.3 Å². The number of aryl methyl sites for hydroxylation is 1. The maximum Gasteiger partial charge on any atom is 0.270 e. The van der Waals surface area contributed by atoms with Gasteiger partial charge in [0, 0.05) is 11.9 Å². The third-order valence-corrected chi connectivity index (χ3v) is 3.41. The quantitative estimate of drug-likeness (QED) is 0.901. The van der Waals surface area contributed by atoms with Crippen molar-refractivity contribution in [3.8, 4) is 0 Å². The van der Waals surface area contributed by atoms with Gasteiger partial charge in [-0.05, 0) is 36.6 Å². The van der Waals surface area contributed by atoms with Gasteiger partial charge in [0.15, 0.2) is 5.13 Å². The number of benzene rings is 1. The van der Waals surface area contributed by atoms with Gasteiger partial charge in [0.2, 0.25) is 0 Å². The van der Waals surface area contributed by atoms with Crippen LogP contribution >= 0.6 is 11.3 Å². The highest BCUT2D eigenvalue weighted by Crippen LogP contribution is 2.12. The van der Waals surface area contributed by atoms with Crippen LogP contribution < -0.4 is 11.1 Å². The van der Waals surface area contributed by atoms with Crippen LogP contribution in [-0.4, -0.2) is 17.4 Å². The van der Waals surface area contributed by atoms with Gasteiger partial charge in [-0.2, -0.15) is 0 Å². The molecule has 19 heavy (non-hydrogen) atoms. The highest BCUT2D eigenvalue weighted by atomic mass is 32.1.